The third-order valence-corrected chi connectivity index (χ3v) is 7.70. The van der Waals surface area contributed by atoms with Crippen molar-refractivity contribution in [3.8, 4) is 0 Å². The molecule has 0 aliphatic rings. The summed E-state index contributed by atoms with van der Waals surface area (Å²) < 4.78 is 31.8. The van der Waals surface area contributed by atoms with Crippen LogP contribution in [0.3, 0.4) is 0 Å². The van der Waals surface area contributed by atoms with E-state index in [1.165, 1.54) is 96.3 Å². The van der Waals surface area contributed by atoms with Crippen molar-refractivity contribution >= 4 is 19.8 Å². The Morgan fingerprint density at radius 2 is 1.12 bits per heavy atom. The monoisotopic (exact) mass is 593 g/mol. The van der Waals surface area contributed by atoms with E-state index in [2.05, 4.69) is 11.4 Å². The summed E-state index contributed by atoms with van der Waals surface area (Å²) in [6.07, 6.45) is 23.2. The van der Waals surface area contributed by atoms with E-state index in [1.54, 1.807) is 0 Å². The molecule has 0 fully saturated rings. The molecule has 9 nitrogen and oxygen atoms in total. The zero-order valence-electron chi connectivity index (χ0n) is 25.6. The van der Waals surface area contributed by atoms with Crippen molar-refractivity contribution in [1.29, 1.82) is 0 Å². The largest absolute Gasteiger partial charge is 0.472 e. The SMILES string of the molecule is CCCCCCCCCCCCCCCCCCCCC(=O)OC[C@H](COP(=O)(O)OCCN)OC(=O)CCC. The third kappa shape index (κ3) is 27.2. The summed E-state index contributed by atoms with van der Waals surface area (Å²) in [4.78, 5) is 33.6. The smallest absolute Gasteiger partial charge is 0.462 e. The first-order chi connectivity index (χ1) is 19.3. The molecule has 40 heavy (non-hydrogen) atoms. The molecule has 0 spiro atoms. The molecule has 0 bridgehead atoms. The van der Waals surface area contributed by atoms with Crippen LogP contribution in [0.1, 0.15) is 149 Å². The quantitative estimate of drug-likeness (QED) is 0.0486. The molecule has 0 aromatic heterocycles. The average molecular weight is 594 g/mol. The number of ether oxygens (including phenoxy) is 2. The van der Waals surface area contributed by atoms with Crippen LogP contribution in [0, 0.1) is 0 Å². The van der Waals surface area contributed by atoms with Gasteiger partial charge < -0.3 is 20.1 Å². The van der Waals surface area contributed by atoms with Crippen LogP contribution in [0.4, 0.5) is 0 Å². The summed E-state index contributed by atoms with van der Waals surface area (Å²) in [5, 5.41) is 0. The zero-order valence-corrected chi connectivity index (χ0v) is 26.5. The first-order valence-corrected chi connectivity index (χ1v) is 17.5. The van der Waals surface area contributed by atoms with Crippen molar-refractivity contribution in [3.05, 3.63) is 0 Å². The number of nitrogens with two attached hydrogens (primary N) is 1. The van der Waals surface area contributed by atoms with E-state index in [-0.39, 0.29) is 38.6 Å². The second kappa shape index (κ2) is 28.1. The molecule has 0 saturated carbocycles. The van der Waals surface area contributed by atoms with E-state index in [1.807, 2.05) is 6.92 Å². The van der Waals surface area contributed by atoms with Gasteiger partial charge in [-0.05, 0) is 12.8 Å². The number of hydrogen-bond donors (Lipinski definition) is 2. The van der Waals surface area contributed by atoms with Crippen LogP contribution >= 0.6 is 7.82 Å². The molecule has 0 aliphatic carbocycles. The fraction of sp³-hybridized carbons (Fsp3) is 0.933. The highest BCUT2D eigenvalue weighted by Gasteiger charge is 2.25. The number of esters is 2. The van der Waals surface area contributed by atoms with Crippen LogP contribution in [0.5, 0.6) is 0 Å². The molecule has 0 rings (SSSR count). The fourth-order valence-electron chi connectivity index (χ4n) is 4.38. The number of rotatable bonds is 30. The Hall–Kier alpha value is -0.990. The summed E-state index contributed by atoms with van der Waals surface area (Å²) in [5.74, 6) is -0.883. The number of carbonyl (C=O) groups is 2. The van der Waals surface area contributed by atoms with Crippen molar-refractivity contribution in [3.63, 3.8) is 0 Å². The van der Waals surface area contributed by atoms with Crippen molar-refractivity contribution in [2.45, 2.75) is 155 Å². The third-order valence-electron chi connectivity index (χ3n) is 6.71. The number of phosphoric ester groups is 1. The second-order valence-corrected chi connectivity index (χ2v) is 12.1. The highest BCUT2D eigenvalue weighted by Crippen LogP contribution is 2.43. The predicted octanol–water partition coefficient (Wildman–Crippen LogP) is 7.77. The Labute approximate surface area is 244 Å². The number of hydrogen-bond acceptors (Lipinski definition) is 8. The van der Waals surface area contributed by atoms with Gasteiger partial charge >= 0.3 is 19.8 Å². The molecular formula is C30H60NO8P. The van der Waals surface area contributed by atoms with E-state index in [4.69, 9.17) is 19.7 Å². The van der Waals surface area contributed by atoms with Crippen LogP contribution in [0.2, 0.25) is 0 Å². The topological polar surface area (TPSA) is 134 Å². The predicted molar refractivity (Wildman–Crippen MR) is 160 cm³/mol. The van der Waals surface area contributed by atoms with Gasteiger partial charge in [-0.3, -0.25) is 18.6 Å². The Morgan fingerprint density at radius 3 is 1.57 bits per heavy atom. The van der Waals surface area contributed by atoms with Gasteiger partial charge in [0.15, 0.2) is 6.10 Å². The Balaban J connectivity index is 3.80. The first kappa shape index (κ1) is 39.0. The lowest BCUT2D eigenvalue weighted by Crippen LogP contribution is -2.29. The van der Waals surface area contributed by atoms with E-state index in [9.17, 15) is 19.0 Å². The molecule has 0 heterocycles. The standard InChI is InChI=1S/C30H60NO8P/c1-3-5-6-7-8-9-10-11-12-13-14-15-16-17-18-19-20-21-23-29(32)36-26-28(39-30(33)22-4-2)27-38-40(34,35)37-25-24-31/h28H,3-27,31H2,1-2H3,(H,34,35)/t28-/m1/s1. The van der Waals surface area contributed by atoms with Crippen molar-refractivity contribution in [2.75, 3.05) is 26.4 Å². The molecule has 10 heteroatoms. The first-order valence-electron chi connectivity index (χ1n) is 16.0. The molecule has 238 valence electrons. The van der Waals surface area contributed by atoms with Gasteiger partial charge in [-0.2, -0.15) is 0 Å². The van der Waals surface area contributed by atoms with E-state index >= 15 is 0 Å². The molecule has 0 aliphatic heterocycles. The maximum absolute atomic E-state index is 12.1. The Kier molecular flexibility index (Phi) is 27.4. The number of carbonyl (C=O) groups excluding carboxylic acids is 2. The molecule has 0 aromatic carbocycles. The minimum atomic E-state index is -4.33. The van der Waals surface area contributed by atoms with Crippen LogP contribution in [-0.4, -0.2) is 49.3 Å². The van der Waals surface area contributed by atoms with Gasteiger partial charge in [-0.15, -0.1) is 0 Å². The van der Waals surface area contributed by atoms with Crippen molar-refractivity contribution in [1.82, 2.24) is 0 Å². The van der Waals surface area contributed by atoms with Crippen LogP contribution in [-0.2, 0) is 32.7 Å². The van der Waals surface area contributed by atoms with Crippen molar-refractivity contribution < 1.29 is 37.6 Å². The molecule has 3 N–H and O–H groups in total. The lowest BCUT2D eigenvalue weighted by Gasteiger charge is -2.19. The van der Waals surface area contributed by atoms with Gasteiger partial charge in [-0.1, -0.05) is 123 Å². The number of unbranched alkanes of at least 4 members (excludes halogenated alkanes) is 17. The summed E-state index contributed by atoms with van der Waals surface area (Å²) in [5.41, 5.74) is 5.26. The summed E-state index contributed by atoms with van der Waals surface area (Å²) in [7, 11) is -4.33. The lowest BCUT2D eigenvalue weighted by molar-refractivity contribution is -0.161. The Bertz CT molecular complexity index is 649. The second-order valence-electron chi connectivity index (χ2n) is 10.7. The van der Waals surface area contributed by atoms with E-state index in [0.717, 1.165) is 19.3 Å². The number of phosphoric acid groups is 1. The molecular weight excluding hydrogens is 533 g/mol. The Morgan fingerprint density at radius 1 is 0.650 bits per heavy atom. The normalized spacial score (nSPS) is 13.6. The molecule has 0 radical (unpaired) electrons. The van der Waals surface area contributed by atoms with E-state index in [0.29, 0.717) is 6.42 Å². The molecule has 1 unspecified atom stereocenters. The minimum Gasteiger partial charge on any atom is -0.462 e. The maximum atomic E-state index is 12.1. The van der Waals surface area contributed by atoms with Crippen LogP contribution in [0.15, 0.2) is 0 Å². The summed E-state index contributed by atoms with van der Waals surface area (Å²) in [6, 6.07) is 0. The van der Waals surface area contributed by atoms with Crippen LogP contribution < -0.4 is 5.73 Å². The molecule has 0 saturated heterocycles. The molecule has 0 aromatic rings. The van der Waals surface area contributed by atoms with Crippen molar-refractivity contribution in [2.24, 2.45) is 5.73 Å². The van der Waals surface area contributed by atoms with Gasteiger partial charge in [0.1, 0.15) is 6.61 Å². The van der Waals surface area contributed by atoms with Gasteiger partial charge in [-0.25, -0.2) is 4.57 Å². The zero-order chi connectivity index (χ0) is 29.7. The van der Waals surface area contributed by atoms with Gasteiger partial charge in [0.05, 0.1) is 13.2 Å². The van der Waals surface area contributed by atoms with Gasteiger partial charge in [0, 0.05) is 19.4 Å². The highest BCUT2D eigenvalue weighted by molar-refractivity contribution is 7.47. The van der Waals surface area contributed by atoms with E-state index < -0.39 is 26.5 Å². The summed E-state index contributed by atoms with van der Waals surface area (Å²) >= 11 is 0. The maximum Gasteiger partial charge on any atom is 0.472 e. The average Bonchev–Trinajstić information content (AvgIpc) is 2.93. The van der Waals surface area contributed by atoms with Gasteiger partial charge in [0.25, 0.3) is 0 Å². The summed E-state index contributed by atoms with van der Waals surface area (Å²) in [6.45, 7) is 3.32. The fourth-order valence-corrected chi connectivity index (χ4v) is 5.14. The minimum absolute atomic E-state index is 0.0554. The molecule has 2 atom stereocenters. The highest BCUT2D eigenvalue weighted by atomic mass is 31.2. The molecule has 0 amide bonds. The van der Waals surface area contributed by atoms with Gasteiger partial charge in [0.2, 0.25) is 0 Å². The lowest BCUT2D eigenvalue weighted by atomic mass is 10.0. The van der Waals surface area contributed by atoms with Crippen LogP contribution in [0.25, 0.3) is 0 Å².